The van der Waals surface area contributed by atoms with Crippen LogP contribution in [0.15, 0.2) is 54.6 Å². The van der Waals surface area contributed by atoms with Gasteiger partial charge in [-0.25, -0.2) is 0 Å². The molecule has 2 aromatic carbocycles. The molecule has 1 N–H and O–H groups in total. The Labute approximate surface area is 174 Å². The van der Waals surface area contributed by atoms with Crippen LogP contribution < -0.4 is 0 Å². The van der Waals surface area contributed by atoms with Crippen molar-refractivity contribution in [3.63, 3.8) is 0 Å². The molecule has 2 aliphatic rings. The van der Waals surface area contributed by atoms with Crippen LogP contribution in [0.5, 0.6) is 0 Å². The number of ether oxygens (including phenoxy) is 1. The molecule has 0 spiro atoms. The van der Waals surface area contributed by atoms with Gasteiger partial charge in [0.15, 0.2) is 0 Å². The Morgan fingerprint density at radius 1 is 1.00 bits per heavy atom. The second-order valence-corrected chi connectivity index (χ2v) is 8.94. The number of nitrogens with zero attached hydrogens (tertiary/aromatic N) is 1. The Balaban J connectivity index is 1.36. The van der Waals surface area contributed by atoms with Gasteiger partial charge in [0.1, 0.15) is 0 Å². The Kier molecular flexibility index (Phi) is 5.43. The summed E-state index contributed by atoms with van der Waals surface area (Å²) in [5.41, 5.74) is 5.60. The van der Waals surface area contributed by atoms with E-state index in [4.69, 9.17) is 4.74 Å². The lowest BCUT2D eigenvalue weighted by Crippen LogP contribution is -2.37. The van der Waals surface area contributed by atoms with Crippen LogP contribution >= 0.6 is 0 Å². The van der Waals surface area contributed by atoms with Crippen molar-refractivity contribution in [3.05, 3.63) is 71.4 Å². The lowest BCUT2D eigenvalue weighted by atomic mass is 9.89. The van der Waals surface area contributed by atoms with Crippen LogP contribution in [0, 0.1) is 11.8 Å². The highest BCUT2D eigenvalue weighted by molar-refractivity contribution is 5.85. The van der Waals surface area contributed by atoms with E-state index in [-0.39, 0.29) is 0 Å². The minimum absolute atomic E-state index is 0.507. The molecular weight excluding hydrogens is 356 g/mol. The summed E-state index contributed by atoms with van der Waals surface area (Å²) in [5, 5.41) is 1.43. The van der Waals surface area contributed by atoms with Crippen LogP contribution in [0.25, 0.3) is 10.9 Å². The summed E-state index contributed by atoms with van der Waals surface area (Å²) in [5.74, 6) is 1.40. The molecule has 0 saturated carbocycles. The number of aromatic amines is 1. The number of aromatic nitrogens is 1. The highest BCUT2D eigenvalue weighted by Crippen LogP contribution is 2.42. The maximum absolute atomic E-state index is 6.21. The summed E-state index contributed by atoms with van der Waals surface area (Å²) in [6.45, 7) is 6.36. The fourth-order valence-corrected chi connectivity index (χ4v) is 5.49. The summed E-state index contributed by atoms with van der Waals surface area (Å²) in [7, 11) is 0. The zero-order valence-corrected chi connectivity index (χ0v) is 17.4. The lowest BCUT2D eigenvalue weighted by Gasteiger charge is -2.36. The molecule has 0 bridgehead atoms. The number of rotatable bonds is 5. The molecule has 0 aliphatic carbocycles. The first kappa shape index (κ1) is 18.9. The number of hydrogen-bond donors (Lipinski definition) is 1. The first-order valence-corrected chi connectivity index (χ1v) is 11.3. The van der Waals surface area contributed by atoms with Crippen LogP contribution in [0.4, 0.5) is 0 Å². The minimum Gasteiger partial charge on any atom is -0.376 e. The number of para-hydroxylation sites is 1. The molecule has 3 aromatic rings. The predicted molar refractivity (Wildman–Crippen MR) is 119 cm³/mol. The van der Waals surface area contributed by atoms with Gasteiger partial charge in [-0.15, -0.1) is 0 Å². The fraction of sp³-hybridized carbons (Fsp3) is 0.462. The molecule has 1 aromatic heterocycles. The quantitative estimate of drug-likeness (QED) is 0.605. The van der Waals surface area contributed by atoms with Crippen LogP contribution in [-0.2, 0) is 17.8 Å². The molecule has 152 valence electrons. The van der Waals surface area contributed by atoms with Gasteiger partial charge in [-0.3, -0.25) is 4.90 Å². The molecule has 3 heteroatoms. The largest absolute Gasteiger partial charge is 0.376 e. The summed E-state index contributed by atoms with van der Waals surface area (Å²) >= 11 is 0. The molecule has 3 atom stereocenters. The van der Waals surface area contributed by atoms with Gasteiger partial charge >= 0.3 is 0 Å². The maximum Gasteiger partial charge on any atom is 0.0717 e. The number of benzene rings is 2. The molecule has 0 radical (unpaired) electrons. The zero-order chi connectivity index (χ0) is 19.6. The van der Waals surface area contributed by atoms with E-state index >= 15 is 0 Å². The number of nitrogens with one attached hydrogen (secondary N) is 1. The number of fused-ring (bicyclic) bond motifs is 5. The first-order valence-electron chi connectivity index (χ1n) is 11.3. The molecule has 0 amide bonds. The van der Waals surface area contributed by atoms with Crippen LogP contribution in [0.1, 0.15) is 49.0 Å². The van der Waals surface area contributed by atoms with Gasteiger partial charge in [0, 0.05) is 36.3 Å². The van der Waals surface area contributed by atoms with Crippen molar-refractivity contribution in [3.8, 4) is 0 Å². The Morgan fingerprint density at radius 2 is 1.83 bits per heavy atom. The number of hydrogen-bond acceptors (Lipinski definition) is 2. The molecule has 1 unspecified atom stereocenters. The summed E-state index contributed by atoms with van der Waals surface area (Å²) < 4.78 is 6.21. The van der Waals surface area contributed by atoms with E-state index in [0.717, 1.165) is 19.1 Å². The Bertz CT molecular complexity index is 948. The highest BCUT2D eigenvalue weighted by Gasteiger charge is 2.36. The molecular formula is C26H32N2O. The van der Waals surface area contributed by atoms with Gasteiger partial charge in [0.25, 0.3) is 0 Å². The van der Waals surface area contributed by atoms with E-state index in [1.807, 2.05) is 0 Å². The van der Waals surface area contributed by atoms with Crippen LogP contribution in [0.3, 0.4) is 0 Å². The van der Waals surface area contributed by atoms with Gasteiger partial charge in [-0.2, -0.15) is 0 Å². The summed E-state index contributed by atoms with van der Waals surface area (Å²) in [6.07, 6.45) is 4.92. The van der Waals surface area contributed by atoms with E-state index in [1.54, 1.807) is 5.56 Å². The molecule has 5 rings (SSSR count). The van der Waals surface area contributed by atoms with Gasteiger partial charge in [0.05, 0.1) is 12.6 Å². The van der Waals surface area contributed by atoms with Crippen molar-refractivity contribution in [2.45, 2.75) is 45.3 Å². The third-order valence-electron chi connectivity index (χ3n) is 7.03. The topological polar surface area (TPSA) is 28.3 Å². The molecule has 3 nitrogen and oxygen atoms in total. The fourth-order valence-electron chi connectivity index (χ4n) is 5.49. The Morgan fingerprint density at radius 3 is 2.69 bits per heavy atom. The highest BCUT2D eigenvalue weighted by atomic mass is 16.5. The van der Waals surface area contributed by atoms with Gasteiger partial charge in [-0.05, 0) is 48.3 Å². The van der Waals surface area contributed by atoms with Gasteiger partial charge in [-0.1, -0.05) is 61.9 Å². The SMILES string of the molecule is CC[C@@H]1C[C@@H](COCc2ccccc2)CC2c3[nH]c4ccccc4c3CCN2C1. The maximum atomic E-state index is 6.21. The van der Waals surface area contributed by atoms with Crippen LogP contribution in [-0.4, -0.2) is 29.6 Å². The second-order valence-electron chi connectivity index (χ2n) is 8.94. The zero-order valence-electron chi connectivity index (χ0n) is 17.4. The van der Waals surface area contributed by atoms with Gasteiger partial charge in [0.2, 0.25) is 0 Å². The smallest absolute Gasteiger partial charge is 0.0717 e. The predicted octanol–water partition coefficient (Wildman–Crippen LogP) is 5.72. The molecule has 3 heterocycles. The first-order chi connectivity index (χ1) is 14.3. The van der Waals surface area contributed by atoms with Crippen molar-refractivity contribution < 1.29 is 4.74 Å². The Hall–Kier alpha value is -2.10. The van der Waals surface area contributed by atoms with Crippen molar-refractivity contribution >= 4 is 10.9 Å². The molecule has 1 fully saturated rings. The van der Waals surface area contributed by atoms with E-state index in [1.165, 1.54) is 60.9 Å². The molecule has 29 heavy (non-hydrogen) atoms. The van der Waals surface area contributed by atoms with Crippen LogP contribution in [0.2, 0.25) is 0 Å². The standard InChI is InChI=1S/C26H32N2O/c1-2-19-14-21(18-29-17-20-8-4-3-5-9-20)15-25-26-23(12-13-28(25)16-19)22-10-6-7-11-24(22)27-26/h3-11,19,21,25,27H,2,12-18H2,1H3/t19-,21-,25?/m1/s1. The monoisotopic (exact) mass is 388 g/mol. The molecule has 1 saturated heterocycles. The lowest BCUT2D eigenvalue weighted by molar-refractivity contribution is 0.0726. The average molecular weight is 389 g/mol. The third kappa shape index (κ3) is 3.86. The van der Waals surface area contributed by atoms with E-state index in [0.29, 0.717) is 12.0 Å². The van der Waals surface area contributed by atoms with Crippen molar-refractivity contribution in [2.24, 2.45) is 11.8 Å². The van der Waals surface area contributed by atoms with E-state index in [2.05, 4.69) is 71.4 Å². The summed E-state index contributed by atoms with van der Waals surface area (Å²) in [4.78, 5) is 6.55. The average Bonchev–Trinajstić information content (AvgIpc) is 3.03. The second kappa shape index (κ2) is 8.33. The van der Waals surface area contributed by atoms with Crippen molar-refractivity contribution in [1.29, 1.82) is 0 Å². The van der Waals surface area contributed by atoms with Gasteiger partial charge < -0.3 is 9.72 Å². The van der Waals surface area contributed by atoms with E-state index < -0.39 is 0 Å². The molecule has 2 aliphatic heterocycles. The summed E-state index contributed by atoms with van der Waals surface area (Å²) in [6, 6.07) is 19.9. The normalized spacial score (nSPS) is 24.8. The van der Waals surface area contributed by atoms with Crippen molar-refractivity contribution in [2.75, 3.05) is 19.7 Å². The van der Waals surface area contributed by atoms with E-state index in [9.17, 15) is 0 Å². The number of H-pyrrole nitrogens is 1. The third-order valence-corrected chi connectivity index (χ3v) is 7.03. The minimum atomic E-state index is 0.507. The van der Waals surface area contributed by atoms with Crippen molar-refractivity contribution in [1.82, 2.24) is 9.88 Å².